The van der Waals surface area contributed by atoms with Crippen LogP contribution < -0.4 is 5.01 Å². The Hall–Kier alpha value is -2.12. The Kier molecular flexibility index (Phi) is 5.44. The Labute approximate surface area is 162 Å². The van der Waals surface area contributed by atoms with Crippen molar-refractivity contribution in [3.63, 3.8) is 0 Å². The number of alkyl halides is 3. The van der Waals surface area contributed by atoms with E-state index in [9.17, 15) is 22.5 Å². The summed E-state index contributed by atoms with van der Waals surface area (Å²) in [5.74, 6) is -2.96. The van der Waals surface area contributed by atoms with Crippen molar-refractivity contribution in [1.29, 1.82) is 0 Å². The second-order valence-corrected chi connectivity index (χ2v) is 6.83. The molecule has 0 bridgehead atoms. The van der Waals surface area contributed by atoms with Gasteiger partial charge in [0.05, 0.1) is 26.9 Å². The second kappa shape index (κ2) is 7.48. The molecule has 1 aliphatic rings. The average Bonchev–Trinajstić information content (AvgIpc) is 3.01. The minimum absolute atomic E-state index is 0.257. The molecule has 0 spiro atoms. The summed E-state index contributed by atoms with van der Waals surface area (Å²) < 4.78 is 54.0. The largest absolute Gasteiger partial charge is 0.399 e. The fourth-order valence-corrected chi connectivity index (χ4v) is 3.47. The van der Waals surface area contributed by atoms with E-state index in [-0.39, 0.29) is 5.56 Å². The van der Waals surface area contributed by atoms with Crippen LogP contribution in [0.4, 0.5) is 23.2 Å². The molecule has 0 fully saturated rings. The van der Waals surface area contributed by atoms with Gasteiger partial charge in [-0.15, -0.1) is 4.91 Å². The molecule has 142 valence electrons. The second-order valence-electron chi connectivity index (χ2n) is 6.02. The molecule has 3 rings (SSSR count). The molecular formula is C18H12Cl2F4N2O. The predicted molar refractivity (Wildman–Crippen MR) is 97.5 cm³/mol. The summed E-state index contributed by atoms with van der Waals surface area (Å²) in [5.41, 5.74) is 1.75. The molecule has 2 aromatic rings. The summed E-state index contributed by atoms with van der Waals surface area (Å²) in [6.45, 7) is 0.434. The molecule has 27 heavy (non-hydrogen) atoms. The smallest absolute Gasteiger partial charge is 0.229 e. The van der Waals surface area contributed by atoms with Crippen molar-refractivity contribution in [3.05, 3.63) is 73.9 Å². The first-order chi connectivity index (χ1) is 12.7. The molecule has 1 aliphatic heterocycles. The molecule has 1 heterocycles. The number of halogens is 6. The molecule has 0 saturated heterocycles. The number of allylic oxidation sites excluding steroid dienone is 1. The van der Waals surface area contributed by atoms with E-state index in [2.05, 4.69) is 5.29 Å². The first kappa shape index (κ1) is 19.6. The number of nitrogens with zero attached hydrogens (tertiary/aromatic N) is 2. The number of nitroso groups, excluding NO2 is 1. The number of fused-ring (bicyclic) bond motifs is 1. The summed E-state index contributed by atoms with van der Waals surface area (Å²) in [7, 11) is 0. The van der Waals surface area contributed by atoms with Crippen LogP contribution in [-0.2, 0) is 6.42 Å². The van der Waals surface area contributed by atoms with E-state index >= 15 is 0 Å². The van der Waals surface area contributed by atoms with Gasteiger partial charge in [0, 0.05) is 6.54 Å². The Bertz CT molecular complexity index is 892. The zero-order chi connectivity index (χ0) is 19.8. The van der Waals surface area contributed by atoms with Gasteiger partial charge in [-0.3, -0.25) is 0 Å². The lowest BCUT2D eigenvalue weighted by atomic mass is 9.96. The quantitative estimate of drug-likeness (QED) is 0.321. The molecule has 1 unspecified atom stereocenters. The van der Waals surface area contributed by atoms with Gasteiger partial charge in [-0.1, -0.05) is 41.4 Å². The number of hydrogen-bond donors (Lipinski definition) is 0. The predicted octanol–water partition coefficient (Wildman–Crippen LogP) is 6.54. The topological polar surface area (TPSA) is 32.7 Å². The van der Waals surface area contributed by atoms with Gasteiger partial charge in [0.15, 0.2) is 5.82 Å². The van der Waals surface area contributed by atoms with Gasteiger partial charge in [-0.25, -0.2) is 9.40 Å². The molecule has 2 aromatic carbocycles. The van der Waals surface area contributed by atoms with E-state index in [1.165, 1.54) is 11.1 Å². The van der Waals surface area contributed by atoms with Crippen LogP contribution in [0.1, 0.15) is 22.6 Å². The van der Waals surface area contributed by atoms with Crippen LogP contribution in [0.15, 0.2) is 41.7 Å². The lowest BCUT2D eigenvalue weighted by Gasteiger charge is -2.18. The summed E-state index contributed by atoms with van der Waals surface area (Å²) in [4.78, 5) is 10.7. The first-order valence-electron chi connectivity index (χ1n) is 7.84. The van der Waals surface area contributed by atoms with Crippen LogP contribution in [0.2, 0.25) is 10.0 Å². The molecule has 9 heteroatoms. The maximum absolute atomic E-state index is 13.5. The molecule has 0 radical (unpaired) electrons. The molecule has 0 saturated carbocycles. The van der Waals surface area contributed by atoms with Gasteiger partial charge >= 0.3 is 6.18 Å². The van der Waals surface area contributed by atoms with Crippen molar-refractivity contribution in [2.45, 2.75) is 18.5 Å². The normalized spacial score (nSPS) is 15.3. The van der Waals surface area contributed by atoms with E-state index in [1.807, 2.05) is 0 Å². The highest BCUT2D eigenvalue weighted by Crippen LogP contribution is 2.39. The number of rotatable bonds is 4. The number of hydrogen-bond acceptors (Lipinski definition) is 2. The summed E-state index contributed by atoms with van der Waals surface area (Å²) in [5, 5.41) is 3.24. The number of benzene rings is 2. The maximum Gasteiger partial charge on any atom is 0.399 e. The average molecular weight is 419 g/mol. The van der Waals surface area contributed by atoms with Gasteiger partial charge in [0.25, 0.3) is 0 Å². The lowest BCUT2D eigenvalue weighted by Crippen LogP contribution is -2.19. The van der Waals surface area contributed by atoms with Crippen LogP contribution >= 0.6 is 23.2 Å². The third-order valence-corrected chi connectivity index (χ3v) is 4.82. The van der Waals surface area contributed by atoms with Crippen LogP contribution in [0.3, 0.4) is 0 Å². The summed E-state index contributed by atoms with van der Waals surface area (Å²) >= 11 is 11.3. The monoisotopic (exact) mass is 418 g/mol. The van der Waals surface area contributed by atoms with Gasteiger partial charge in [-0.2, -0.15) is 13.2 Å². The zero-order valence-electron chi connectivity index (χ0n) is 13.6. The van der Waals surface area contributed by atoms with E-state index < -0.39 is 28.0 Å². The minimum Gasteiger partial charge on any atom is -0.229 e. The molecule has 0 aliphatic carbocycles. The van der Waals surface area contributed by atoms with Gasteiger partial charge < -0.3 is 0 Å². The Morgan fingerprint density at radius 1 is 1.15 bits per heavy atom. The van der Waals surface area contributed by atoms with Crippen LogP contribution in [0, 0.1) is 10.7 Å². The molecule has 1 atom stereocenters. The van der Waals surface area contributed by atoms with Gasteiger partial charge in [0.1, 0.15) is 0 Å². The van der Waals surface area contributed by atoms with Crippen LogP contribution in [0.25, 0.3) is 6.08 Å². The zero-order valence-corrected chi connectivity index (χ0v) is 15.1. The molecule has 0 aromatic heterocycles. The van der Waals surface area contributed by atoms with Crippen molar-refractivity contribution in [3.8, 4) is 0 Å². The highest BCUT2D eigenvalue weighted by Gasteiger charge is 2.39. The van der Waals surface area contributed by atoms with Crippen LogP contribution in [-0.4, -0.2) is 12.7 Å². The molecule has 3 nitrogen and oxygen atoms in total. The van der Waals surface area contributed by atoms with Gasteiger partial charge in [0.2, 0.25) is 0 Å². The summed E-state index contributed by atoms with van der Waals surface area (Å²) in [6.07, 6.45) is -1.75. The fourth-order valence-electron chi connectivity index (χ4n) is 2.96. The van der Waals surface area contributed by atoms with Crippen LogP contribution in [0.5, 0.6) is 0 Å². The van der Waals surface area contributed by atoms with E-state index in [0.29, 0.717) is 24.2 Å². The maximum atomic E-state index is 13.5. The van der Waals surface area contributed by atoms with E-state index in [0.717, 1.165) is 23.8 Å². The summed E-state index contributed by atoms with van der Waals surface area (Å²) in [6, 6.07) is 6.77. The van der Waals surface area contributed by atoms with Crippen molar-refractivity contribution >= 4 is 35.0 Å². The molecular weight excluding hydrogens is 407 g/mol. The molecule has 0 N–H and O–H groups in total. The standard InChI is InChI=1S/C18H12Cl2F4N2O/c19-14-8-12(9-15(20)17(14)21)13(18(22,23)24)3-1-10-2-4-16-11(7-10)5-6-26(16)25-27/h1-4,7-9,13H,5-6H2/b3-1+. The van der Waals surface area contributed by atoms with Crippen molar-refractivity contribution in [2.75, 3.05) is 11.6 Å². The molecule has 0 amide bonds. The van der Waals surface area contributed by atoms with E-state index in [1.54, 1.807) is 18.2 Å². The third-order valence-electron chi connectivity index (χ3n) is 4.27. The SMILES string of the molecule is O=NN1CCc2cc(/C=C/C(c3cc(Cl)c(F)c(Cl)c3)C(F)(F)F)ccc21. The van der Waals surface area contributed by atoms with Crippen molar-refractivity contribution in [2.24, 2.45) is 5.29 Å². The van der Waals surface area contributed by atoms with Crippen molar-refractivity contribution in [1.82, 2.24) is 0 Å². The first-order valence-corrected chi connectivity index (χ1v) is 8.59. The highest BCUT2D eigenvalue weighted by molar-refractivity contribution is 6.35. The van der Waals surface area contributed by atoms with Crippen molar-refractivity contribution < 1.29 is 17.6 Å². The minimum atomic E-state index is -4.62. The number of anilines is 1. The Balaban J connectivity index is 1.93. The fraction of sp³-hybridized carbons (Fsp3) is 0.222. The lowest BCUT2D eigenvalue weighted by molar-refractivity contribution is -0.139. The highest BCUT2D eigenvalue weighted by atomic mass is 35.5. The van der Waals surface area contributed by atoms with Gasteiger partial charge in [-0.05, 0) is 47.4 Å². The Morgan fingerprint density at radius 3 is 2.41 bits per heavy atom. The third kappa shape index (κ3) is 4.09. The van der Waals surface area contributed by atoms with E-state index in [4.69, 9.17) is 23.2 Å². The Morgan fingerprint density at radius 2 is 1.81 bits per heavy atom.